The minimum Gasteiger partial charge on any atom is -0.297 e. The smallest absolute Gasteiger partial charge is 0.0598 e. The van der Waals surface area contributed by atoms with E-state index in [1.807, 2.05) is 18.3 Å². The van der Waals surface area contributed by atoms with Crippen molar-refractivity contribution in [3.8, 4) is 0 Å². The Bertz CT molecular complexity index is 396. The van der Waals surface area contributed by atoms with Crippen molar-refractivity contribution >= 4 is 29.4 Å². The van der Waals surface area contributed by atoms with Crippen LogP contribution in [0.15, 0.2) is 23.3 Å². The Kier molecular flexibility index (Phi) is 4.69. The Balaban J connectivity index is 2.00. The first-order valence-corrected chi connectivity index (χ1v) is 6.75. The van der Waals surface area contributed by atoms with E-state index < -0.39 is 0 Å². The molecule has 0 bridgehead atoms. The SMILES string of the molecule is Clc1ccc(C=NN2CCCCCC2)cc1Cl. The molecule has 0 saturated carbocycles. The zero-order chi connectivity index (χ0) is 12.1. The van der Waals surface area contributed by atoms with Gasteiger partial charge in [0, 0.05) is 13.1 Å². The number of hydrogen-bond acceptors (Lipinski definition) is 2. The largest absolute Gasteiger partial charge is 0.297 e. The van der Waals surface area contributed by atoms with Gasteiger partial charge in [0.25, 0.3) is 0 Å². The molecule has 0 spiro atoms. The lowest BCUT2D eigenvalue weighted by molar-refractivity contribution is 0.302. The first-order valence-electron chi connectivity index (χ1n) is 6.00. The molecule has 0 N–H and O–H groups in total. The summed E-state index contributed by atoms with van der Waals surface area (Å²) in [4.78, 5) is 0. The van der Waals surface area contributed by atoms with Crippen molar-refractivity contribution in [2.24, 2.45) is 5.10 Å². The van der Waals surface area contributed by atoms with Crippen LogP contribution in [0.2, 0.25) is 10.0 Å². The van der Waals surface area contributed by atoms with Gasteiger partial charge in [0.05, 0.1) is 16.3 Å². The predicted octanol–water partition coefficient (Wildman–Crippen LogP) is 4.20. The topological polar surface area (TPSA) is 15.6 Å². The summed E-state index contributed by atoms with van der Waals surface area (Å²) in [5.74, 6) is 0. The second-order valence-electron chi connectivity index (χ2n) is 4.29. The summed E-state index contributed by atoms with van der Waals surface area (Å²) in [5.41, 5.74) is 0.989. The number of hydrazone groups is 1. The molecule has 2 nitrogen and oxygen atoms in total. The first kappa shape index (κ1) is 12.7. The molecule has 0 amide bonds. The summed E-state index contributed by atoms with van der Waals surface area (Å²) in [5, 5.41) is 7.78. The highest BCUT2D eigenvalue weighted by Crippen LogP contribution is 2.21. The monoisotopic (exact) mass is 270 g/mol. The third-order valence-electron chi connectivity index (χ3n) is 2.90. The number of rotatable bonds is 2. The highest BCUT2D eigenvalue weighted by molar-refractivity contribution is 6.42. The molecule has 0 radical (unpaired) electrons. The van der Waals surface area contributed by atoms with Gasteiger partial charge in [-0.1, -0.05) is 42.1 Å². The van der Waals surface area contributed by atoms with Gasteiger partial charge in [-0.2, -0.15) is 5.10 Å². The third-order valence-corrected chi connectivity index (χ3v) is 3.64. The van der Waals surface area contributed by atoms with Gasteiger partial charge in [0.2, 0.25) is 0 Å². The molecule has 1 heterocycles. The van der Waals surface area contributed by atoms with Gasteiger partial charge in [-0.3, -0.25) is 5.01 Å². The molecule has 1 aromatic rings. The van der Waals surface area contributed by atoms with E-state index in [0.29, 0.717) is 10.0 Å². The fourth-order valence-electron chi connectivity index (χ4n) is 1.91. The van der Waals surface area contributed by atoms with Gasteiger partial charge >= 0.3 is 0 Å². The van der Waals surface area contributed by atoms with E-state index in [2.05, 4.69) is 10.1 Å². The van der Waals surface area contributed by atoms with Crippen LogP contribution >= 0.6 is 23.2 Å². The quantitative estimate of drug-likeness (QED) is 0.736. The third kappa shape index (κ3) is 3.90. The first-order chi connectivity index (χ1) is 8.25. The van der Waals surface area contributed by atoms with Gasteiger partial charge in [0.15, 0.2) is 0 Å². The summed E-state index contributed by atoms with van der Waals surface area (Å²) in [6, 6.07) is 5.56. The van der Waals surface area contributed by atoms with Crippen LogP contribution in [-0.4, -0.2) is 24.3 Å². The molecule has 0 atom stereocenters. The second kappa shape index (κ2) is 6.27. The molecule has 0 aromatic heterocycles. The van der Waals surface area contributed by atoms with Gasteiger partial charge in [-0.25, -0.2) is 0 Å². The number of halogens is 2. The van der Waals surface area contributed by atoms with Crippen LogP contribution in [0.1, 0.15) is 31.2 Å². The van der Waals surface area contributed by atoms with Crippen LogP contribution in [0.5, 0.6) is 0 Å². The predicted molar refractivity (Wildman–Crippen MR) is 74.1 cm³/mol. The van der Waals surface area contributed by atoms with E-state index in [1.54, 1.807) is 6.07 Å². The summed E-state index contributed by atoms with van der Waals surface area (Å²) in [6.07, 6.45) is 6.96. The average Bonchev–Trinajstić information content (AvgIpc) is 2.59. The Labute approximate surface area is 112 Å². The molecule has 1 aliphatic heterocycles. The van der Waals surface area contributed by atoms with Crippen LogP contribution in [0.25, 0.3) is 0 Å². The highest BCUT2D eigenvalue weighted by Gasteiger charge is 2.05. The molecule has 1 aromatic carbocycles. The van der Waals surface area contributed by atoms with E-state index in [-0.39, 0.29) is 0 Å². The zero-order valence-electron chi connectivity index (χ0n) is 9.70. The van der Waals surface area contributed by atoms with Crippen molar-refractivity contribution < 1.29 is 0 Å². The van der Waals surface area contributed by atoms with Crippen LogP contribution in [0.3, 0.4) is 0 Å². The van der Waals surface area contributed by atoms with E-state index in [9.17, 15) is 0 Å². The Morgan fingerprint density at radius 3 is 2.35 bits per heavy atom. The number of benzene rings is 1. The summed E-state index contributed by atoms with van der Waals surface area (Å²) in [7, 11) is 0. The molecule has 1 fully saturated rings. The molecule has 4 heteroatoms. The maximum Gasteiger partial charge on any atom is 0.0598 e. The minimum atomic E-state index is 0.575. The fourth-order valence-corrected chi connectivity index (χ4v) is 2.22. The molecular formula is C13H16Cl2N2. The van der Waals surface area contributed by atoms with Crippen molar-refractivity contribution in [2.75, 3.05) is 13.1 Å². The van der Waals surface area contributed by atoms with Crippen molar-refractivity contribution in [1.82, 2.24) is 5.01 Å². The number of nitrogens with zero attached hydrogens (tertiary/aromatic N) is 2. The lowest BCUT2D eigenvalue weighted by atomic mass is 10.2. The molecule has 1 aliphatic rings. The molecule has 0 aliphatic carbocycles. The standard InChI is InChI=1S/C13H16Cl2N2/c14-12-6-5-11(9-13(12)15)10-16-17-7-3-1-2-4-8-17/h5-6,9-10H,1-4,7-8H2. The normalized spacial score (nSPS) is 17.4. The summed E-state index contributed by atoms with van der Waals surface area (Å²) >= 11 is 11.8. The van der Waals surface area contributed by atoms with Gasteiger partial charge in [-0.15, -0.1) is 0 Å². The van der Waals surface area contributed by atoms with Crippen LogP contribution < -0.4 is 0 Å². The highest BCUT2D eigenvalue weighted by atomic mass is 35.5. The Hall–Kier alpha value is -0.730. The molecule has 1 saturated heterocycles. The van der Waals surface area contributed by atoms with Crippen LogP contribution in [0.4, 0.5) is 0 Å². The van der Waals surface area contributed by atoms with E-state index >= 15 is 0 Å². The van der Waals surface area contributed by atoms with E-state index in [4.69, 9.17) is 23.2 Å². The maximum atomic E-state index is 5.95. The van der Waals surface area contributed by atoms with Crippen molar-refractivity contribution in [1.29, 1.82) is 0 Å². The molecular weight excluding hydrogens is 255 g/mol. The Morgan fingerprint density at radius 2 is 1.71 bits per heavy atom. The minimum absolute atomic E-state index is 0.575. The van der Waals surface area contributed by atoms with Gasteiger partial charge < -0.3 is 0 Å². The fraction of sp³-hybridized carbons (Fsp3) is 0.462. The number of hydrogen-bond donors (Lipinski definition) is 0. The Morgan fingerprint density at radius 1 is 1.00 bits per heavy atom. The van der Waals surface area contributed by atoms with E-state index in [0.717, 1.165) is 18.7 Å². The lowest BCUT2D eigenvalue weighted by Gasteiger charge is -2.15. The van der Waals surface area contributed by atoms with E-state index in [1.165, 1.54) is 25.7 Å². The van der Waals surface area contributed by atoms with Crippen molar-refractivity contribution in [2.45, 2.75) is 25.7 Å². The van der Waals surface area contributed by atoms with Crippen molar-refractivity contribution in [3.63, 3.8) is 0 Å². The second-order valence-corrected chi connectivity index (χ2v) is 5.10. The lowest BCUT2D eigenvalue weighted by Crippen LogP contribution is -2.18. The van der Waals surface area contributed by atoms with Crippen LogP contribution in [-0.2, 0) is 0 Å². The molecule has 17 heavy (non-hydrogen) atoms. The molecule has 92 valence electrons. The summed E-state index contributed by atoms with van der Waals surface area (Å²) in [6.45, 7) is 2.11. The maximum absolute atomic E-state index is 5.95. The zero-order valence-corrected chi connectivity index (χ0v) is 11.2. The summed E-state index contributed by atoms with van der Waals surface area (Å²) < 4.78 is 0. The molecule has 0 unspecified atom stereocenters. The van der Waals surface area contributed by atoms with Gasteiger partial charge in [-0.05, 0) is 30.5 Å². The molecule has 2 rings (SSSR count). The average molecular weight is 271 g/mol. The van der Waals surface area contributed by atoms with Gasteiger partial charge in [0.1, 0.15) is 0 Å². The van der Waals surface area contributed by atoms with Crippen molar-refractivity contribution in [3.05, 3.63) is 33.8 Å². The van der Waals surface area contributed by atoms with Crippen LogP contribution in [0, 0.1) is 0 Å².